The first-order chi connectivity index (χ1) is 18.9. The molecule has 1 aliphatic heterocycles. The first-order valence-corrected chi connectivity index (χ1v) is 14.6. The zero-order valence-electron chi connectivity index (χ0n) is 21.2. The summed E-state index contributed by atoms with van der Waals surface area (Å²) in [6, 6.07) is 11.7. The van der Waals surface area contributed by atoms with Crippen LogP contribution >= 0.6 is 11.3 Å². The number of carbonyl (C=O) groups is 1. The van der Waals surface area contributed by atoms with Crippen molar-refractivity contribution >= 4 is 48.9 Å². The van der Waals surface area contributed by atoms with Gasteiger partial charge in [-0.1, -0.05) is 29.0 Å². The molecular weight excluding hydrogens is 542 g/mol. The van der Waals surface area contributed by atoms with Gasteiger partial charge in [0.05, 0.1) is 25.3 Å². The maximum absolute atomic E-state index is 13.4. The molecule has 1 aliphatic rings. The molecule has 2 aromatic carbocycles. The van der Waals surface area contributed by atoms with Crippen molar-refractivity contribution in [3.8, 4) is 5.75 Å². The summed E-state index contributed by atoms with van der Waals surface area (Å²) in [5.41, 5.74) is 2.07. The van der Waals surface area contributed by atoms with E-state index in [1.165, 1.54) is 6.33 Å². The number of hydrogen-bond donors (Lipinski definition) is 2. The summed E-state index contributed by atoms with van der Waals surface area (Å²) in [6.45, 7) is 6.76. The molecule has 1 saturated heterocycles. The Morgan fingerprint density at radius 1 is 1.08 bits per heavy atom. The fourth-order valence-corrected chi connectivity index (χ4v) is 6.31. The maximum Gasteiger partial charge on any atom is 0.325 e. The molecule has 2 aromatic heterocycles. The third kappa shape index (κ3) is 6.65. The van der Waals surface area contributed by atoms with E-state index >= 15 is 0 Å². The van der Waals surface area contributed by atoms with E-state index in [1.54, 1.807) is 30.3 Å². The Morgan fingerprint density at radius 2 is 1.87 bits per heavy atom. The smallest absolute Gasteiger partial charge is 0.325 e. The lowest BCUT2D eigenvalue weighted by atomic mass is 10.2. The van der Waals surface area contributed by atoms with Gasteiger partial charge in [0.1, 0.15) is 12.1 Å². The van der Waals surface area contributed by atoms with Crippen LogP contribution in [0.2, 0.25) is 0 Å². The molecular formula is C25H27N7O5S2. The number of amides is 2. The van der Waals surface area contributed by atoms with Gasteiger partial charge in [0, 0.05) is 36.8 Å². The predicted octanol–water partition coefficient (Wildman–Crippen LogP) is 3.37. The van der Waals surface area contributed by atoms with Gasteiger partial charge in [0.25, 0.3) is 9.84 Å². The van der Waals surface area contributed by atoms with Crippen molar-refractivity contribution in [3.05, 3.63) is 54.4 Å². The van der Waals surface area contributed by atoms with Gasteiger partial charge in [-0.3, -0.25) is 10.2 Å². The number of sulfone groups is 1. The minimum atomic E-state index is -4.12. The van der Waals surface area contributed by atoms with Crippen molar-refractivity contribution in [2.24, 2.45) is 0 Å². The molecule has 2 amide bonds. The van der Waals surface area contributed by atoms with E-state index < -0.39 is 15.9 Å². The van der Waals surface area contributed by atoms with E-state index in [2.05, 4.69) is 35.7 Å². The Balaban J connectivity index is 1.24. The number of anilines is 2. The number of rotatable bonds is 9. The third-order valence-corrected chi connectivity index (χ3v) is 8.90. The van der Waals surface area contributed by atoms with Crippen molar-refractivity contribution < 1.29 is 22.7 Å². The number of carbonyl (C=O) groups excluding carboxylic acids is 1. The van der Waals surface area contributed by atoms with Crippen molar-refractivity contribution in [1.82, 2.24) is 25.1 Å². The number of aromatic nitrogens is 4. The van der Waals surface area contributed by atoms with Crippen LogP contribution in [0, 0.1) is 6.92 Å². The Labute approximate surface area is 229 Å². The number of nitrogens with one attached hydrogen (secondary N) is 2. The Morgan fingerprint density at radius 3 is 2.67 bits per heavy atom. The fourth-order valence-electron chi connectivity index (χ4n) is 3.97. The van der Waals surface area contributed by atoms with Gasteiger partial charge in [-0.25, -0.2) is 23.2 Å². The summed E-state index contributed by atoms with van der Waals surface area (Å²) in [6.07, 6.45) is 2.05. The highest BCUT2D eigenvalue weighted by atomic mass is 32.2. The topological polar surface area (TPSA) is 149 Å². The van der Waals surface area contributed by atoms with Crippen LogP contribution in [-0.2, 0) is 14.6 Å². The largest absolute Gasteiger partial charge is 0.493 e. The zero-order chi connectivity index (χ0) is 27.2. The average molecular weight is 570 g/mol. The second-order valence-electron chi connectivity index (χ2n) is 8.84. The predicted molar refractivity (Wildman–Crippen MR) is 146 cm³/mol. The number of ether oxygens (including phenoxy) is 2. The summed E-state index contributed by atoms with van der Waals surface area (Å²) >= 11 is 0.734. The van der Waals surface area contributed by atoms with E-state index in [-0.39, 0.29) is 14.5 Å². The zero-order valence-corrected chi connectivity index (χ0v) is 22.8. The van der Waals surface area contributed by atoms with Gasteiger partial charge in [0.15, 0.2) is 5.03 Å². The highest BCUT2D eigenvalue weighted by molar-refractivity contribution is 7.93. The molecule has 3 heterocycles. The van der Waals surface area contributed by atoms with Gasteiger partial charge in [0.2, 0.25) is 9.47 Å². The second-order valence-corrected chi connectivity index (χ2v) is 11.9. The first-order valence-electron chi connectivity index (χ1n) is 12.3. The van der Waals surface area contributed by atoms with Crippen molar-refractivity contribution in [3.63, 3.8) is 0 Å². The van der Waals surface area contributed by atoms with Gasteiger partial charge in [-0.2, -0.15) is 0 Å². The maximum atomic E-state index is 13.4. The molecule has 0 unspecified atom stereocenters. The quantitative estimate of drug-likeness (QED) is 0.175. The molecule has 0 aliphatic carbocycles. The van der Waals surface area contributed by atoms with Crippen LogP contribution in [-0.4, -0.2) is 79.0 Å². The number of morpholine rings is 1. The molecule has 12 nitrogen and oxygen atoms in total. The summed E-state index contributed by atoms with van der Waals surface area (Å²) in [5.74, 6) is 0.591. The van der Waals surface area contributed by atoms with Gasteiger partial charge < -0.3 is 14.8 Å². The summed E-state index contributed by atoms with van der Waals surface area (Å²) < 4.78 is 37.7. The van der Waals surface area contributed by atoms with Crippen LogP contribution in [0.3, 0.4) is 0 Å². The lowest BCUT2D eigenvalue weighted by molar-refractivity contribution is 0.0358. The SMILES string of the molecule is Cc1ccc(NC(=O)Nc2nnc(S(=O)(=O)c3ncnc4cc(OCCCN5CCOCC5)ccc34)s2)cc1. The van der Waals surface area contributed by atoms with Gasteiger partial charge >= 0.3 is 6.03 Å². The Kier molecular flexibility index (Phi) is 8.26. The van der Waals surface area contributed by atoms with Crippen molar-refractivity contribution in [2.75, 3.05) is 50.1 Å². The van der Waals surface area contributed by atoms with Crippen LogP contribution in [0.25, 0.3) is 10.9 Å². The van der Waals surface area contributed by atoms with E-state index in [0.717, 1.165) is 56.2 Å². The molecule has 4 aromatic rings. The number of fused-ring (bicyclic) bond motifs is 1. The van der Waals surface area contributed by atoms with Crippen LogP contribution in [0.4, 0.5) is 15.6 Å². The summed E-state index contributed by atoms with van der Waals surface area (Å²) in [7, 11) is -4.12. The third-order valence-electron chi connectivity index (χ3n) is 5.98. The molecule has 2 N–H and O–H groups in total. The first kappa shape index (κ1) is 26.9. The molecule has 0 bridgehead atoms. The minimum Gasteiger partial charge on any atom is -0.493 e. The van der Waals surface area contributed by atoms with E-state index in [9.17, 15) is 13.2 Å². The molecule has 1 fully saturated rings. The van der Waals surface area contributed by atoms with Crippen molar-refractivity contribution in [2.45, 2.75) is 22.7 Å². The molecule has 0 radical (unpaired) electrons. The average Bonchev–Trinajstić information content (AvgIpc) is 3.42. The lowest BCUT2D eigenvalue weighted by Gasteiger charge is -2.26. The number of aryl methyl sites for hydroxylation is 1. The monoisotopic (exact) mass is 569 g/mol. The standard InChI is InChI=1S/C25H27N7O5S2/c1-17-3-5-18(6-4-17)28-23(33)29-24-30-31-25(38-24)39(34,35)22-20-8-7-19(15-21(20)26-16-27-22)37-12-2-9-32-10-13-36-14-11-32/h3-8,15-16H,2,9-14H2,1H3,(H2,28,29,30,33). The van der Waals surface area contributed by atoms with Gasteiger partial charge in [-0.15, -0.1) is 10.2 Å². The number of benzene rings is 2. The summed E-state index contributed by atoms with van der Waals surface area (Å²) in [4.78, 5) is 22.9. The Hall–Kier alpha value is -3.72. The molecule has 0 spiro atoms. The van der Waals surface area contributed by atoms with E-state index in [4.69, 9.17) is 9.47 Å². The second kappa shape index (κ2) is 12.0. The summed E-state index contributed by atoms with van der Waals surface area (Å²) in [5, 5.41) is 12.9. The van der Waals surface area contributed by atoms with Crippen LogP contribution in [0.1, 0.15) is 12.0 Å². The van der Waals surface area contributed by atoms with Crippen molar-refractivity contribution in [1.29, 1.82) is 0 Å². The molecule has 5 rings (SSSR count). The molecule has 39 heavy (non-hydrogen) atoms. The fraction of sp³-hybridized carbons (Fsp3) is 0.320. The lowest BCUT2D eigenvalue weighted by Crippen LogP contribution is -2.37. The van der Waals surface area contributed by atoms with Gasteiger partial charge in [-0.05, 0) is 37.6 Å². The van der Waals surface area contributed by atoms with Crippen LogP contribution in [0.5, 0.6) is 5.75 Å². The molecule has 0 atom stereocenters. The Bertz CT molecular complexity index is 1550. The number of urea groups is 1. The normalized spacial score (nSPS) is 14.3. The number of nitrogens with zero attached hydrogens (tertiary/aromatic N) is 5. The minimum absolute atomic E-state index is 0.0318. The highest BCUT2D eigenvalue weighted by Crippen LogP contribution is 2.30. The van der Waals surface area contributed by atoms with Crippen LogP contribution < -0.4 is 15.4 Å². The molecule has 204 valence electrons. The number of hydrogen-bond acceptors (Lipinski definition) is 11. The van der Waals surface area contributed by atoms with E-state index in [0.29, 0.717) is 28.9 Å². The molecule has 14 heteroatoms. The highest BCUT2D eigenvalue weighted by Gasteiger charge is 2.27. The molecule has 0 saturated carbocycles. The van der Waals surface area contributed by atoms with E-state index in [1.807, 2.05) is 19.1 Å². The van der Waals surface area contributed by atoms with Crippen LogP contribution in [0.15, 0.2) is 58.2 Å².